The van der Waals surface area contributed by atoms with Crippen LogP contribution in [0.4, 0.5) is 0 Å². The number of thioether (sulfide) groups is 1. The quantitative estimate of drug-likeness (QED) is 0.346. The van der Waals surface area contributed by atoms with Crippen molar-refractivity contribution in [1.82, 2.24) is 10.4 Å². The van der Waals surface area contributed by atoms with Crippen LogP contribution in [-0.2, 0) is 16.1 Å². The predicted octanol–water partition coefficient (Wildman–Crippen LogP) is 4.02. The van der Waals surface area contributed by atoms with E-state index in [1.807, 2.05) is 55.5 Å². The minimum absolute atomic E-state index is 0.173. The number of amides is 1. The molecule has 3 rings (SSSR count). The number of aromatic nitrogens is 1. The van der Waals surface area contributed by atoms with Crippen LogP contribution < -0.4 is 10.2 Å². The number of para-hydroxylation sites is 1. The average molecular weight is 410 g/mol. The first-order valence-electron chi connectivity index (χ1n) is 9.08. The molecule has 0 atom stereocenters. The van der Waals surface area contributed by atoms with Crippen molar-refractivity contribution in [2.75, 3.05) is 20.0 Å². The maximum absolute atomic E-state index is 12.3. The highest BCUT2D eigenvalue weighted by Crippen LogP contribution is 2.26. The summed E-state index contributed by atoms with van der Waals surface area (Å²) in [6, 6.07) is 15.6. The number of nitrogens with zero attached hydrogens (tertiary/aromatic N) is 2. The number of hydrazone groups is 1. The van der Waals surface area contributed by atoms with Gasteiger partial charge in [-0.05, 0) is 42.8 Å². The molecule has 1 aromatic heterocycles. The second kappa shape index (κ2) is 10.0. The van der Waals surface area contributed by atoms with Gasteiger partial charge in [0.15, 0.2) is 0 Å². The van der Waals surface area contributed by atoms with Crippen molar-refractivity contribution in [1.29, 1.82) is 0 Å². The van der Waals surface area contributed by atoms with Crippen LogP contribution in [0.3, 0.4) is 0 Å². The van der Waals surface area contributed by atoms with Gasteiger partial charge in [-0.2, -0.15) is 5.10 Å². The molecule has 0 spiro atoms. The van der Waals surface area contributed by atoms with E-state index < -0.39 is 0 Å². The Hall–Kier alpha value is -2.90. The zero-order chi connectivity index (χ0) is 20.6. The van der Waals surface area contributed by atoms with E-state index in [0.29, 0.717) is 12.3 Å². The minimum Gasteiger partial charge on any atom is -0.496 e. The van der Waals surface area contributed by atoms with Gasteiger partial charge in [-0.15, -0.1) is 11.8 Å². The maximum Gasteiger partial charge on any atom is 0.250 e. The molecule has 1 amide bonds. The van der Waals surface area contributed by atoms with Gasteiger partial charge >= 0.3 is 0 Å². The number of ether oxygens (including phenoxy) is 2. The van der Waals surface area contributed by atoms with Gasteiger partial charge in [0.05, 0.1) is 30.7 Å². The van der Waals surface area contributed by atoms with Gasteiger partial charge in [-0.3, -0.25) is 9.78 Å². The van der Waals surface area contributed by atoms with E-state index in [0.717, 1.165) is 32.7 Å². The summed E-state index contributed by atoms with van der Waals surface area (Å²) in [5.74, 6) is 0.838. The molecule has 1 heterocycles. The standard InChI is InChI=1S/C22H23N3O3S/c1-15(17-9-10-19(28-3)18(12-17)13-27-2)24-25-21(26)14-29-20-8-4-6-16-7-5-11-23-22(16)20/h4-12H,13-14H2,1-3H3,(H,25,26)/b24-15-. The topological polar surface area (TPSA) is 72.8 Å². The number of pyridine rings is 1. The predicted molar refractivity (Wildman–Crippen MR) is 117 cm³/mol. The second-order valence-electron chi connectivity index (χ2n) is 6.31. The van der Waals surface area contributed by atoms with Crippen LogP contribution >= 0.6 is 11.8 Å². The van der Waals surface area contributed by atoms with Gasteiger partial charge in [0, 0.05) is 29.2 Å². The number of carbonyl (C=O) groups is 1. The Labute approximate surface area is 174 Å². The summed E-state index contributed by atoms with van der Waals surface area (Å²) in [6.07, 6.45) is 1.76. The number of carbonyl (C=O) groups excluding carboxylic acids is 1. The van der Waals surface area contributed by atoms with Crippen LogP contribution in [0.2, 0.25) is 0 Å². The van der Waals surface area contributed by atoms with Gasteiger partial charge in [0.25, 0.3) is 0 Å². The van der Waals surface area contributed by atoms with Crippen LogP contribution in [-0.4, -0.2) is 36.6 Å². The Kier molecular flexibility index (Phi) is 7.21. The summed E-state index contributed by atoms with van der Waals surface area (Å²) in [5, 5.41) is 5.29. The molecule has 0 aliphatic carbocycles. The molecule has 0 unspecified atom stereocenters. The van der Waals surface area contributed by atoms with Crippen molar-refractivity contribution in [2.24, 2.45) is 5.10 Å². The van der Waals surface area contributed by atoms with Crippen molar-refractivity contribution in [3.63, 3.8) is 0 Å². The molecule has 6 nitrogen and oxygen atoms in total. The molecule has 29 heavy (non-hydrogen) atoms. The zero-order valence-corrected chi connectivity index (χ0v) is 17.5. The number of fused-ring (bicyclic) bond motifs is 1. The Morgan fingerprint density at radius 2 is 2.00 bits per heavy atom. The zero-order valence-electron chi connectivity index (χ0n) is 16.6. The van der Waals surface area contributed by atoms with E-state index in [4.69, 9.17) is 9.47 Å². The third-order valence-corrected chi connectivity index (χ3v) is 5.35. The molecule has 1 N–H and O–H groups in total. The number of benzene rings is 2. The van der Waals surface area contributed by atoms with Crippen molar-refractivity contribution < 1.29 is 14.3 Å². The van der Waals surface area contributed by atoms with E-state index >= 15 is 0 Å². The Balaban J connectivity index is 1.63. The fourth-order valence-electron chi connectivity index (χ4n) is 2.85. The van der Waals surface area contributed by atoms with Crippen molar-refractivity contribution in [3.05, 3.63) is 65.9 Å². The summed E-state index contributed by atoms with van der Waals surface area (Å²) in [6.45, 7) is 2.28. The minimum atomic E-state index is -0.173. The van der Waals surface area contributed by atoms with Crippen LogP contribution in [0.1, 0.15) is 18.1 Å². The number of nitrogens with one attached hydrogen (secondary N) is 1. The molecule has 0 aliphatic heterocycles. The molecule has 0 radical (unpaired) electrons. The molecule has 0 fully saturated rings. The smallest absolute Gasteiger partial charge is 0.250 e. The molecule has 0 saturated carbocycles. The van der Waals surface area contributed by atoms with Gasteiger partial charge in [-0.25, -0.2) is 5.43 Å². The van der Waals surface area contributed by atoms with Crippen molar-refractivity contribution in [2.45, 2.75) is 18.4 Å². The number of rotatable bonds is 8. The summed E-state index contributed by atoms with van der Waals surface area (Å²) in [5.41, 5.74) is 6.04. The second-order valence-corrected chi connectivity index (χ2v) is 7.33. The van der Waals surface area contributed by atoms with E-state index in [1.165, 1.54) is 11.8 Å². The molecular formula is C22H23N3O3S. The van der Waals surface area contributed by atoms with Crippen molar-refractivity contribution >= 4 is 34.3 Å². The molecule has 150 valence electrons. The fourth-order valence-corrected chi connectivity index (χ4v) is 3.68. The molecule has 3 aromatic rings. The van der Waals surface area contributed by atoms with Gasteiger partial charge in [0.1, 0.15) is 5.75 Å². The molecular weight excluding hydrogens is 386 g/mol. The van der Waals surface area contributed by atoms with E-state index in [-0.39, 0.29) is 11.7 Å². The number of methoxy groups -OCH3 is 2. The molecule has 0 saturated heterocycles. The van der Waals surface area contributed by atoms with Crippen LogP contribution in [0.15, 0.2) is 64.7 Å². The first kappa shape index (κ1) is 20.8. The molecule has 7 heteroatoms. The summed E-state index contributed by atoms with van der Waals surface area (Å²) in [7, 11) is 3.26. The molecule has 2 aromatic carbocycles. The Bertz CT molecular complexity index is 1030. The number of hydrogen-bond donors (Lipinski definition) is 1. The monoisotopic (exact) mass is 409 g/mol. The maximum atomic E-state index is 12.3. The molecule has 0 bridgehead atoms. The average Bonchev–Trinajstić information content (AvgIpc) is 2.76. The van der Waals surface area contributed by atoms with Crippen LogP contribution in [0, 0.1) is 0 Å². The van der Waals surface area contributed by atoms with Gasteiger partial charge < -0.3 is 9.47 Å². The summed E-state index contributed by atoms with van der Waals surface area (Å²) < 4.78 is 10.5. The third kappa shape index (κ3) is 5.34. The molecule has 0 aliphatic rings. The van der Waals surface area contributed by atoms with E-state index in [1.54, 1.807) is 20.4 Å². The van der Waals surface area contributed by atoms with Crippen molar-refractivity contribution in [3.8, 4) is 5.75 Å². The van der Waals surface area contributed by atoms with Crippen LogP contribution in [0.5, 0.6) is 5.75 Å². The van der Waals surface area contributed by atoms with E-state index in [9.17, 15) is 4.79 Å². The largest absolute Gasteiger partial charge is 0.496 e. The third-order valence-electron chi connectivity index (χ3n) is 4.30. The summed E-state index contributed by atoms with van der Waals surface area (Å²) in [4.78, 5) is 17.6. The first-order valence-corrected chi connectivity index (χ1v) is 10.1. The SMILES string of the molecule is COCc1cc(/C(C)=N\NC(=O)CSc2cccc3cccnc23)ccc1OC. The Morgan fingerprint density at radius 3 is 2.79 bits per heavy atom. The highest BCUT2D eigenvalue weighted by atomic mass is 32.2. The highest BCUT2D eigenvalue weighted by molar-refractivity contribution is 8.00. The first-order chi connectivity index (χ1) is 14.1. The lowest BCUT2D eigenvalue weighted by atomic mass is 10.1. The normalized spacial score (nSPS) is 11.5. The highest BCUT2D eigenvalue weighted by Gasteiger charge is 2.08. The fraction of sp³-hybridized carbons (Fsp3) is 0.227. The van der Waals surface area contributed by atoms with Gasteiger partial charge in [0.2, 0.25) is 5.91 Å². The van der Waals surface area contributed by atoms with E-state index in [2.05, 4.69) is 15.5 Å². The van der Waals surface area contributed by atoms with Crippen LogP contribution in [0.25, 0.3) is 10.9 Å². The van der Waals surface area contributed by atoms with Gasteiger partial charge in [-0.1, -0.05) is 18.2 Å². The summed E-state index contributed by atoms with van der Waals surface area (Å²) >= 11 is 1.44. The lowest BCUT2D eigenvalue weighted by Crippen LogP contribution is -2.21. The number of hydrogen-bond acceptors (Lipinski definition) is 6. The Morgan fingerprint density at radius 1 is 1.17 bits per heavy atom. The lowest BCUT2D eigenvalue weighted by Gasteiger charge is -2.10. The lowest BCUT2D eigenvalue weighted by molar-refractivity contribution is -0.118.